The van der Waals surface area contributed by atoms with E-state index in [2.05, 4.69) is 20.3 Å². The van der Waals surface area contributed by atoms with Crippen LogP contribution in [0.4, 0.5) is 0 Å². The molecule has 0 fully saturated rings. The standard InChI is InChI=1S/C21H45P/c1-4-5-6-7-8-9-10-11-12-13-14-15-16-17-18-19-20-21-22(2)3/h4-21H2,1-3H3. The first-order chi connectivity index (χ1) is 10.8. The fourth-order valence-electron chi connectivity index (χ4n) is 3.15. The summed E-state index contributed by atoms with van der Waals surface area (Å²) in [6.07, 6.45) is 26.6. The summed E-state index contributed by atoms with van der Waals surface area (Å²) in [6, 6.07) is 0. The molecule has 0 nitrogen and oxygen atoms in total. The van der Waals surface area contributed by atoms with Crippen molar-refractivity contribution in [3.05, 3.63) is 0 Å². The third-order valence-electron chi connectivity index (χ3n) is 4.71. The third-order valence-corrected chi connectivity index (χ3v) is 5.92. The summed E-state index contributed by atoms with van der Waals surface area (Å²) in [4.78, 5) is 0. The van der Waals surface area contributed by atoms with Gasteiger partial charge in [-0.25, -0.2) is 0 Å². The lowest BCUT2D eigenvalue weighted by molar-refractivity contribution is 0.529. The Morgan fingerprint density at radius 1 is 0.409 bits per heavy atom. The van der Waals surface area contributed by atoms with E-state index in [0.29, 0.717) is 7.92 Å². The second kappa shape index (κ2) is 19.5. The van der Waals surface area contributed by atoms with Crippen LogP contribution in [0.25, 0.3) is 0 Å². The van der Waals surface area contributed by atoms with Crippen molar-refractivity contribution in [2.75, 3.05) is 19.5 Å². The first kappa shape index (κ1) is 22.4. The Labute approximate surface area is 144 Å². The van der Waals surface area contributed by atoms with Crippen LogP contribution in [-0.4, -0.2) is 19.5 Å². The smallest absolute Gasteiger partial charge is 0.0331 e. The van der Waals surface area contributed by atoms with Crippen molar-refractivity contribution in [2.24, 2.45) is 0 Å². The summed E-state index contributed by atoms with van der Waals surface area (Å²) in [7, 11) is 0.356. The average Bonchev–Trinajstić information content (AvgIpc) is 2.50. The van der Waals surface area contributed by atoms with Crippen LogP contribution in [0.2, 0.25) is 0 Å². The predicted molar refractivity (Wildman–Crippen MR) is 108 cm³/mol. The van der Waals surface area contributed by atoms with E-state index < -0.39 is 0 Å². The van der Waals surface area contributed by atoms with Gasteiger partial charge >= 0.3 is 0 Å². The first-order valence-electron chi connectivity index (χ1n) is 10.4. The average molecular weight is 329 g/mol. The highest BCUT2D eigenvalue weighted by molar-refractivity contribution is 7.55. The molecule has 1 heteroatoms. The minimum absolute atomic E-state index is 0.356. The Hall–Kier alpha value is 0.430. The first-order valence-corrected chi connectivity index (χ1v) is 12.8. The summed E-state index contributed by atoms with van der Waals surface area (Å²) in [5, 5.41) is 0. The molecule has 134 valence electrons. The summed E-state index contributed by atoms with van der Waals surface area (Å²) in [5.74, 6) is 0. The maximum Gasteiger partial charge on any atom is -0.0331 e. The van der Waals surface area contributed by atoms with E-state index in [1.165, 1.54) is 115 Å². The molecule has 0 aromatic carbocycles. The van der Waals surface area contributed by atoms with Crippen molar-refractivity contribution in [3.8, 4) is 0 Å². The molecular formula is C21H45P. The van der Waals surface area contributed by atoms with Crippen LogP contribution in [-0.2, 0) is 0 Å². The van der Waals surface area contributed by atoms with Gasteiger partial charge in [-0.05, 0) is 25.9 Å². The Morgan fingerprint density at radius 3 is 0.955 bits per heavy atom. The van der Waals surface area contributed by atoms with Crippen LogP contribution in [0.5, 0.6) is 0 Å². The van der Waals surface area contributed by atoms with Gasteiger partial charge in [-0.3, -0.25) is 0 Å². The van der Waals surface area contributed by atoms with E-state index in [9.17, 15) is 0 Å². The van der Waals surface area contributed by atoms with Gasteiger partial charge in [0.25, 0.3) is 0 Å². The molecular weight excluding hydrogens is 283 g/mol. The lowest BCUT2D eigenvalue weighted by Crippen LogP contribution is -1.85. The van der Waals surface area contributed by atoms with Crippen LogP contribution in [0.3, 0.4) is 0 Å². The van der Waals surface area contributed by atoms with Crippen molar-refractivity contribution in [1.29, 1.82) is 0 Å². The highest BCUT2D eigenvalue weighted by Gasteiger charge is 1.95. The molecule has 0 aliphatic heterocycles. The van der Waals surface area contributed by atoms with Gasteiger partial charge in [-0.1, -0.05) is 110 Å². The van der Waals surface area contributed by atoms with Gasteiger partial charge in [-0.15, -0.1) is 7.92 Å². The zero-order valence-corrected chi connectivity index (χ0v) is 17.1. The van der Waals surface area contributed by atoms with E-state index in [4.69, 9.17) is 0 Å². The molecule has 0 rings (SSSR count). The van der Waals surface area contributed by atoms with Crippen molar-refractivity contribution in [3.63, 3.8) is 0 Å². The number of hydrogen-bond donors (Lipinski definition) is 0. The monoisotopic (exact) mass is 328 g/mol. The highest BCUT2D eigenvalue weighted by atomic mass is 31.1. The quantitative estimate of drug-likeness (QED) is 0.175. The molecule has 0 aromatic rings. The second-order valence-corrected chi connectivity index (χ2v) is 10.1. The maximum absolute atomic E-state index is 2.40. The van der Waals surface area contributed by atoms with Crippen LogP contribution in [0.1, 0.15) is 116 Å². The van der Waals surface area contributed by atoms with Gasteiger partial charge < -0.3 is 0 Å². The summed E-state index contributed by atoms with van der Waals surface area (Å²) < 4.78 is 0. The Balaban J connectivity index is 2.94. The number of unbranched alkanes of at least 4 members (excludes halogenated alkanes) is 16. The molecule has 0 spiro atoms. The molecule has 0 N–H and O–H groups in total. The molecule has 22 heavy (non-hydrogen) atoms. The Morgan fingerprint density at radius 2 is 0.682 bits per heavy atom. The molecule has 0 aromatic heterocycles. The van der Waals surface area contributed by atoms with Crippen LogP contribution in [0, 0.1) is 0 Å². The van der Waals surface area contributed by atoms with E-state index in [0.717, 1.165) is 0 Å². The normalized spacial score (nSPS) is 11.5. The minimum Gasteiger partial charge on any atom is -0.113 e. The molecule has 0 atom stereocenters. The predicted octanol–water partition coefficient (Wildman–Crippen LogP) is 8.38. The van der Waals surface area contributed by atoms with Gasteiger partial charge in [0, 0.05) is 0 Å². The number of hydrogen-bond acceptors (Lipinski definition) is 0. The van der Waals surface area contributed by atoms with E-state index in [1.807, 2.05) is 0 Å². The van der Waals surface area contributed by atoms with Gasteiger partial charge in [0.2, 0.25) is 0 Å². The number of rotatable bonds is 18. The Bertz CT molecular complexity index is 188. The lowest BCUT2D eigenvalue weighted by atomic mass is 10.0. The molecule has 0 heterocycles. The Kier molecular flexibility index (Phi) is 19.9. The van der Waals surface area contributed by atoms with E-state index in [-0.39, 0.29) is 0 Å². The van der Waals surface area contributed by atoms with Gasteiger partial charge in [0.1, 0.15) is 0 Å². The molecule has 0 saturated heterocycles. The third kappa shape index (κ3) is 20.4. The molecule has 0 amide bonds. The van der Waals surface area contributed by atoms with Crippen molar-refractivity contribution < 1.29 is 0 Å². The lowest BCUT2D eigenvalue weighted by Gasteiger charge is -2.05. The van der Waals surface area contributed by atoms with Crippen LogP contribution >= 0.6 is 7.92 Å². The summed E-state index contributed by atoms with van der Waals surface area (Å²) >= 11 is 0. The minimum atomic E-state index is 0.356. The van der Waals surface area contributed by atoms with Gasteiger partial charge in [0.15, 0.2) is 0 Å². The fourth-order valence-corrected chi connectivity index (χ4v) is 4.01. The second-order valence-electron chi connectivity index (χ2n) is 7.46. The van der Waals surface area contributed by atoms with Crippen molar-refractivity contribution in [1.82, 2.24) is 0 Å². The van der Waals surface area contributed by atoms with Crippen molar-refractivity contribution >= 4 is 7.92 Å². The van der Waals surface area contributed by atoms with Gasteiger partial charge in [0.05, 0.1) is 0 Å². The molecule has 0 radical (unpaired) electrons. The largest absolute Gasteiger partial charge is 0.113 e. The van der Waals surface area contributed by atoms with E-state index in [1.54, 1.807) is 0 Å². The van der Waals surface area contributed by atoms with E-state index >= 15 is 0 Å². The molecule has 0 aliphatic carbocycles. The van der Waals surface area contributed by atoms with Gasteiger partial charge in [-0.2, -0.15) is 0 Å². The zero-order valence-electron chi connectivity index (χ0n) is 16.2. The molecule has 0 unspecified atom stereocenters. The summed E-state index contributed by atoms with van der Waals surface area (Å²) in [5.41, 5.74) is 0. The zero-order chi connectivity index (χ0) is 16.3. The fraction of sp³-hybridized carbons (Fsp3) is 1.00. The van der Waals surface area contributed by atoms with Crippen LogP contribution < -0.4 is 0 Å². The summed E-state index contributed by atoms with van der Waals surface area (Å²) in [6.45, 7) is 7.11. The maximum atomic E-state index is 2.40. The molecule has 0 saturated carbocycles. The SMILES string of the molecule is CCCCCCCCCCCCCCCCCCCP(C)C. The van der Waals surface area contributed by atoms with Crippen LogP contribution in [0.15, 0.2) is 0 Å². The highest BCUT2D eigenvalue weighted by Crippen LogP contribution is 2.26. The molecule has 0 aliphatic rings. The van der Waals surface area contributed by atoms with Crippen molar-refractivity contribution in [2.45, 2.75) is 116 Å². The molecule has 0 bridgehead atoms. The topological polar surface area (TPSA) is 0 Å².